The molecular weight excluding hydrogens is 298 g/mol. The van der Waals surface area contributed by atoms with Crippen molar-refractivity contribution in [3.63, 3.8) is 0 Å². The molecule has 4 nitrogen and oxygen atoms in total. The van der Waals surface area contributed by atoms with Gasteiger partial charge < -0.3 is 9.72 Å². The maximum atomic E-state index is 11.9. The zero-order valence-corrected chi connectivity index (χ0v) is 12.5. The number of benzene rings is 1. The van der Waals surface area contributed by atoms with Crippen LogP contribution in [0.15, 0.2) is 60.9 Å². The molecule has 1 N–H and O–H groups in total. The Hall–Kier alpha value is -2.59. The number of hydrogen-bond acceptors (Lipinski definition) is 2. The van der Waals surface area contributed by atoms with Gasteiger partial charge in [-0.2, -0.15) is 0 Å². The summed E-state index contributed by atoms with van der Waals surface area (Å²) >= 11 is 6.05. The number of imidazole rings is 1. The van der Waals surface area contributed by atoms with Gasteiger partial charge in [0.15, 0.2) is 0 Å². The van der Waals surface area contributed by atoms with E-state index >= 15 is 0 Å². The summed E-state index contributed by atoms with van der Waals surface area (Å²) in [5.74, 6) is -0.175. The van der Waals surface area contributed by atoms with Crippen molar-refractivity contribution in [3.8, 4) is 0 Å². The Morgan fingerprint density at radius 3 is 2.91 bits per heavy atom. The van der Waals surface area contributed by atoms with Crippen LogP contribution in [0.25, 0.3) is 11.7 Å². The van der Waals surface area contributed by atoms with E-state index in [9.17, 15) is 4.79 Å². The van der Waals surface area contributed by atoms with Gasteiger partial charge in [-0.3, -0.25) is 4.79 Å². The molecule has 0 saturated carbocycles. The fourth-order valence-electron chi connectivity index (χ4n) is 2.12. The lowest BCUT2D eigenvalue weighted by Crippen LogP contribution is -2.20. The predicted molar refractivity (Wildman–Crippen MR) is 87.5 cm³/mol. The van der Waals surface area contributed by atoms with Gasteiger partial charge in [0.05, 0.1) is 11.9 Å². The molecule has 0 fully saturated rings. The van der Waals surface area contributed by atoms with E-state index in [1.807, 2.05) is 47.0 Å². The molecule has 0 aliphatic carbocycles. The molecule has 1 amide bonds. The summed E-state index contributed by atoms with van der Waals surface area (Å²) in [7, 11) is 0. The van der Waals surface area contributed by atoms with Crippen LogP contribution in [0.2, 0.25) is 5.02 Å². The second kappa shape index (κ2) is 6.45. The lowest BCUT2D eigenvalue weighted by atomic mass is 10.2. The fourth-order valence-corrected chi connectivity index (χ4v) is 2.32. The van der Waals surface area contributed by atoms with Crippen molar-refractivity contribution in [2.45, 2.75) is 6.54 Å². The Labute approximate surface area is 133 Å². The van der Waals surface area contributed by atoms with Crippen LogP contribution in [-0.4, -0.2) is 15.3 Å². The monoisotopic (exact) mass is 311 g/mol. The van der Waals surface area contributed by atoms with Crippen LogP contribution in [0.3, 0.4) is 0 Å². The highest BCUT2D eigenvalue weighted by Gasteiger charge is 2.02. The van der Waals surface area contributed by atoms with Crippen molar-refractivity contribution in [2.24, 2.45) is 0 Å². The first-order valence-corrected chi connectivity index (χ1v) is 7.23. The molecule has 0 aliphatic rings. The van der Waals surface area contributed by atoms with Gasteiger partial charge in [-0.05, 0) is 29.8 Å². The third kappa shape index (κ3) is 3.18. The maximum absolute atomic E-state index is 11.9. The molecule has 1 aromatic carbocycles. The number of fused-ring (bicyclic) bond motifs is 1. The van der Waals surface area contributed by atoms with Gasteiger partial charge in [0.2, 0.25) is 5.91 Å². The molecule has 110 valence electrons. The molecule has 0 atom stereocenters. The number of carbonyl (C=O) groups excluding carboxylic acids is 1. The van der Waals surface area contributed by atoms with Gasteiger partial charge in [0, 0.05) is 23.8 Å². The number of hydrogen-bond donors (Lipinski definition) is 1. The molecule has 2 aromatic heterocycles. The molecule has 2 heterocycles. The van der Waals surface area contributed by atoms with Crippen LogP contribution in [0, 0.1) is 0 Å². The number of halogens is 1. The minimum absolute atomic E-state index is 0.175. The number of amides is 1. The van der Waals surface area contributed by atoms with Gasteiger partial charge in [-0.1, -0.05) is 35.9 Å². The minimum atomic E-state index is -0.175. The van der Waals surface area contributed by atoms with Gasteiger partial charge in [-0.25, -0.2) is 4.98 Å². The molecular formula is C17H14ClN3O. The van der Waals surface area contributed by atoms with Crippen molar-refractivity contribution < 1.29 is 4.79 Å². The summed E-state index contributed by atoms with van der Waals surface area (Å²) in [6.07, 6.45) is 6.87. The van der Waals surface area contributed by atoms with Gasteiger partial charge in [0.25, 0.3) is 0 Å². The highest BCUT2D eigenvalue weighted by molar-refractivity contribution is 6.31. The highest BCUT2D eigenvalue weighted by atomic mass is 35.5. The van der Waals surface area contributed by atoms with Crippen molar-refractivity contribution in [1.29, 1.82) is 0 Å². The lowest BCUT2D eigenvalue weighted by molar-refractivity contribution is -0.116. The molecule has 5 heteroatoms. The average Bonchev–Trinajstić information content (AvgIpc) is 2.95. The maximum Gasteiger partial charge on any atom is 0.244 e. The minimum Gasteiger partial charge on any atom is -0.348 e. The largest absolute Gasteiger partial charge is 0.348 e. The summed E-state index contributed by atoms with van der Waals surface area (Å²) in [6, 6.07) is 13.2. The van der Waals surface area contributed by atoms with E-state index in [1.165, 1.54) is 6.08 Å². The van der Waals surface area contributed by atoms with Crippen LogP contribution in [-0.2, 0) is 11.3 Å². The van der Waals surface area contributed by atoms with Crippen molar-refractivity contribution >= 4 is 29.2 Å². The van der Waals surface area contributed by atoms with E-state index in [-0.39, 0.29) is 5.91 Å². The molecule has 0 aliphatic heterocycles. The number of nitrogens with zero attached hydrogens (tertiary/aromatic N) is 2. The molecule has 3 aromatic rings. The SMILES string of the molecule is O=C(/C=C/c1cnc2ccccn12)NCc1ccccc1Cl. The molecule has 3 rings (SSSR count). The summed E-state index contributed by atoms with van der Waals surface area (Å²) in [5, 5.41) is 3.46. The zero-order chi connectivity index (χ0) is 15.4. The Morgan fingerprint density at radius 2 is 2.05 bits per heavy atom. The first kappa shape index (κ1) is 14.4. The summed E-state index contributed by atoms with van der Waals surface area (Å²) < 4.78 is 1.91. The normalized spacial score (nSPS) is 11.1. The van der Waals surface area contributed by atoms with E-state index in [2.05, 4.69) is 10.3 Å². The van der Waals surface area contributed by atoms with Crippen molar-refractivity contribution in [2.75, 3.05) is 0 Å². The summed E-state index contributed by atoms with van der Waals surface area (Å²) in [6.45, 7) is 0.399. The van der Waals surface area contributed by atoms with Gasteiger partial charge in [0.1, 0.15) is 5.65 Å². The quantitative estimate of drug-likeness (QED) is 0.751. The highest BCUT2D eigenvalue weighted by Crippen LogP contribution is 2.14. The van der Waals surface area contributed by atoms with Crippen LogP contribution >= 0.6 is 11.6 Å². The van der Waals surface area contributed by atoms with E-state index in [1.54, 1.807) is 18.3 Å². The molecule has 0 bridgehead atoms. The van der Waals surface area contributed by atoms with Gasteiger partial charge in [-0.15, -0.1) is 0 Å². The molecule has 0 spiro atoms. The number of carbonyl (C=O) groups is 1. The first-order valence-electron chi connectivity index (χ1n) is 6.85. The molecule has 0 saturated heterocycles. The van der Waals surface area contributed by atoms with E-state index in [0.717, 1.165) is 16.9 Å². The standard InChI is InChI=1S/C17H14ClN3O/c18-15-6-2-1-5-13(15)11-20-17(22)9-8-14-12-19-16-7-3-4-10-21(14)16/h1-10,12H,11H2,(H,20,22)/b9-8+. The number of pyridine rings is 1. The molecule has 0 radical (unpaired) electrons. The third-order valence-corrected chi connectivity index (χ3v) is 3.63. The van der Waals surface area contributed by atoms with Crippen LogP contribution < -0.4 is 5.32 Å². The van der Waals surface area contributed by atoms with E-state index < -0.39 is 0 Å². The average molecular weight is 312 g/mol. The smallest absolute Gasteiger partial charge is 0.244 e. The first-order chi connectivity index (χ1) is 10.7. The van der Waals surface area contributed by atoms with Crippen LogP contribution in [0.1, 0.15) is 11.3 Å². The molecule has 0 unspecified atom stereocenters. The second-order valence-corrected chi connectivity index (χ2v) is 5.16. The fraction of sp³-hybridized carbons (Fsp3) is 0.0588. The third-order valence-electron chi connectivity index (χ3n) is 3.26. The van der Waals surface area contributed by atoms with Crippen LogP contribution in [0.5, 0.6) is 0 Å². The van der Waals surface area contributed by atoms with Crippen molar-refractivity contribution in [1.82, 2.24) is 14.7 Å². The zero-order valence-electron chi connectivity index (χ0n) is 11.7. The lowest BCUT2D eigenvalue weighted by Gasteiger charge is -2.04. The van der Waals surface area contributed by atoms with Crippen molar-refractivity contribution in [3.05, 3.63) is 77.2 Å². The summed E-state index contributed by atoms with van der Waals surface area (Å²) in [4.78, 5) is 16.2. The summed E-state index contributed by atoms with van der Waals surface area (Å²) in [5.41, 5.74) is 2.59. The topological polar surface area (TPSA) is 46.4 Å². The van der Waals surface area contributed by atoms with Gasteiger partial charge >= 0.3 is 0 Å². The number of rotatable bonds is 4. The van der Waals surface area contributed by atoms with E-state index in [4.69, 9.17) is 11.6 Å². The van der Waals surface area contributed by atoms with E-state index in [0.29, 0.717) is 11.6 Å². The van der Waals surface area contributed by atoms with Crippen LogP contribution in [0.4, 0.5) is 0 Å². The predicted octanol–water partition coefficient (Wildman–Crippen LogP) is 3.32. The Bertz CT molecular complexity index is 839. The Morgan fingerprint density at radius 1 is 1.23 bits per heavy atom. The number of nitrogens with one attached hydrogen (secondary N) is 1. The second-order valence-electron chi connectivity index (χ2n) is 4.75. The Kier molecular flexibility index (Phi) is 4.21. The molecule has 22 heavy (non-hydrogen) atoms. The Balaban J connectivity index is 1.65. The number of aromatic nitrogens is 2.